The Kier molecular flexibility index (Phi) is 2.82. The lowest BCUT2D eigenvalue weighted by molar-refractivity contribution is -0.144. The van der Waals surface area contributed by atoms with Gasteiger partial charge in [-0.2, -0.15) is 0 Å². The summed E-state index contributed by atoms with van der Waals surface area (Å²) in [6.45, 7) is 0.380. The Labute approximate surface area is 115 Å². The highest BCUT2D eigenvalue weighted by molar-refractivity contribution is 6.12. The van der Waals surface area contributed by atoms with E-state index in [0.717, 1.165) is 5.39 Å². The highest BCUT2D eigenvalue weighted by atomic mass is 16.4. The minimum atomic E-state index is -1.08. The maximum absolute atomic E-state index is 12.2. The first-order chi connectivity index (χ1) is 9.59. The Hall–Kier alpha value is -2.56. The van der Waals surface area contributed by atoms with Crippen LogP contribution in [0.15, 0.2) is 36.4 Å². The van der Waals surface area contributed by atoms with Gasteiger partial charge in [0, 0.05) is 17.3 Å². The smallest absolute Gasteiger partial charge is 0.316 e. The summed E-state index contributed by atoms with van der Waals surface area (Å²) in [6.07, 6.45) is 0.309. The molecule has 0 saturated carbocycles. The van der Waals surface area contributed by atoms with Gasteiger partial charge in [-0.3, -0.25) is 9.59 Å². The third-order valence-electron chi connectivity index (χ3n) is 3.67. The van der Waals surface area contributed by atoms with Crippen molar-refractivity contribution in [2.75, 3.05) is 11.4 Å². The molecular weight excluding hydrogens is 258 g/mol. The summed E-state index contributed by atoms with van der Waals surface area (Å²) >= 11 is 0. The summed E-state index contributed by atoms with van der Waals surface area (Å²) in [5.41, 5.74) is 0.646. The second kappa shape index (κ2) is 4.52. The van der Waals surface area contributed by atoms with Crippen LogP contribution in [0, 0.1) is 5.92 Å². The van der Waals surface area contributed by atoms with Crippen molar-refractivity contribution >= 4 is 28.3 Å². The lowest BCUT2D eigenvalue weighted by atomic mass is 10.1. The van der Waals surface area contributed by atoms with E-state index in [0.29, 0.717) is 24.0 Å². The minimum absolute atomic E-state index is 0.144. The van der Waals surface area contributed by atoms with E-state index in [4.69, 9.17) is 5.11 Å². The third kappa shape index (κ3) is 1.79. The SMILES string of the molecule is O=C(O)C1CCN(c2cccc3c(O)cccc23)C1=O. The van der Waals surface area contributed by atoms with Gasteiger partial charge < -0.3 is 15.1 Å². The number of anilines is 1. The topological polar surface area (TPSA) is 77.8 Å². The number of rotatable bonds is 2. The van der Waals surface area contributed by atoms with Gasteiger partial charge in [0.1, 0.15) is 11.7 Å². The standard InChI is InChI=1S/C15H13NO4/c17-13-6-2-3-9-10(13)4-1-5-12(9)16-8-7-11(14(16)18)15(19)20/h1-6,11,17H,7-8H2,(H,19,20). The van der Waals surface area contributed by atoms with E-state index in [2.05, 4.69) is 0 Å². The van der Waals surface area contributed by atoms with Crippen LogP contribution in [0.25, 0.3) is 10.8 Å². The number of aromatic hydroxyl groups is 1. The molecule has 0 aliphatic carbocycles. The van der Waals surface area contributed by atoms with Crippen LogP contribution in [0.4, 0.5) is 5.69 Å². The molecule has 0 radical (unpaired) electrons. The Morgan fingerprint density at radius 2 is 1.85 bits per heavy atom. The first kappa shape index (κ1) is 12.5. The normalized spacial score (nSPS) is 18.7. The van der Waals surface area contributed by atoms with Gasteiger partial charge in [-0.05, 0) is 18.6 Å². The van der Waals surface area contributed by atoms with E-state index in [1.165, 1.54) is 4.90 Å². The average Bonchev–Trinajstić information content (AvgIpc) is 2.80. The van der Waals surface area contributed by atoms with Crippen LogP contribution in [-0.4, -0.2) is 28.6 Å². The van der Waals surface area contributed by atoms with Crippen LogP contribution in [-0.2, 0) is 9.59 Å². The van der Waals surface area contributed by atoms with E-state index in [9.17, 15) is 14.7 Å². The van der Waals surface area contributed by atoms with Gasteiger partial charge in [-0.15, -0.1) is 0 Å². The molecule has 20 heavy (non-hydrogen) atoms. The number of carbonyl (C=O) groups excluding carboxylic acids is 1. The second-order valence-corrected chi connectivity index (χ2v) is 4.82. The van der Waals surface area contributed by atoms with Crippen LogP contribution in [0.3, 0.4) is 0 Å². The summed E-state index contributed by atoms with van der Waals surface area (Å²) in [6, 6.07) is 10.4. The number of nitrogens with zero attached hydrogens (tertiary/aromatic N) is 1. The fourth-order valence-corrected chi connectivity index (χ4v) is 2.66. The van der Waals surface area contributed by atoms with Gasteiger partial charge in [-0.25, -0.2) is 0 Å². The summed E-state index contributed by atoms with van der Waals surface area (Å²) in [5, 5.41) is 20.3. The zero-order chi connectivity index (χ0) is 14.3. The quantitative estimate of drug-likeness (QED) is 0.819. The highest BCUT2D eigenvalue weighted by Crippen LogP contribution is 2.35. The van der Waals surface area contributed by atoms with Crippen molar-refractivity contribution < 1.29 is 19.8 Å². The molecule has 1 unspecified atom stereocenters. The van der Waals surface area contributed by atoms with Crippen LogP contribution in [0.5, 0.6) is 5.75 Å². The Balaban J connectivity index is 2.10. The molecule has 2 aromatic carbocycles. The molecule has 0 bridgehead atoms. The Bertz CT molecular complexity index is 710. The number of benzene rings is 2. The number of phenolic OH excluding ortho intramolecular Hbond substituents is 1. The van der Waals surface area contributed by atoms with Crippen molar-refractivity contribution in [3.05, 3.63) is 36.4 Å². The monoisotopic (exact) mass is 271 g/mol. The number of carboxylic acid groups (broad SMARTS) is 1. The first-order valence-corrected chi connectivity index (χ1v) is 6.34. The van der Waals surface area contributed by atoms with Crippen LogP contribution < -0.4 is 4.90 Å². The number of hydrogen-bond donors (Lipinski definition) is 2. The lowest BCUT2D eigenvalue weighted by Crippen LogP contribution is -2.30. The molecule has 1 aliphatic heterocycles. The molecule has 0 aromatic heterocycles. The zero-order valence-corrected chi connectivity index (χ0v) is 10.6. The van der Waals surface area contributed by atoms with Gasteiger partial charge in [0.2, 0.25) is 5.91 Å². The van der Waals surface area contributed by atoms with Gasteiger partial charge >= 0.3 is 5.97 Å². The molecule has 1 saturated heterocycles. The maximum Gasteiger partial charge on any atom is 0.316 e. The van der Waals surface area contributed by atoms with Gasteiger partial charge in [0.15, 0.2) is 0 Å². The maximum atomic E-state index is 12.2. The number of aliphatic carboxylic acids is 1. The molecule has 102 valence electrons. The summed E-state index contributed by atoms with van der Waals surface area (Å²) in [5.74, 6) is -2.30. The molecular formula is C15H13NO4. The average molecular weight is 271 g/mol. The first-order valence-electron chi connectivity index (χ1n) is 6.34. The molecule has 5 heteroatoms. The van der Waals surface area contributed by atoms with E-state index < -0.39 is 17.8 Å². The molecule has 3 rings (SSSR count). The molecule has 1 atom stereocenters. The van der Waals surface area contributed by atoms with Crippen molar-refractivity contribution in [3.8, 4) is 5.75 Å². The predicted molar refractivity (Wildman–Crippen MR) is 73.7 cm³/mol. The predicted octanol–water partition coefficient (Wildman–Crippen LogP) is 1.98. The highest BCUT2D eigenvalue weighted by Gasteiger charge is 2.38. The minimum Gasteiger partial charge on any atom is -0.507 e. The Morgan fingerprint density at radius 3 is 2.55 bits per heavy atom. The van der Waals surface area contributed by atoms with Gasteiger partial charge in [-0.1, -0.05) is 24.3 Å². The number of carbonyl (C=O) groups is 2. The van der Waals surface area contributed by atoms with Crippen molar-refractivity contribution in [2.24, 2.45) is 5.92 Å². The fourth-order valence-electron chi connectivity index (χ4n) is 2.66. The van der Waals surface area contributed by atoms with E-state index in [1.54, 1.807) is 30.3 Å². The van der Waals surface area contributed by atoms with Gasteiger partial charge in [0.05, 0.1) is 5.69 Å². The van der Waals surface area contributed by atoms with Gasteiger partial charge in [0.25, 0.3) is 0 Å². The molecule has 2 N–H and O–H groups in total. The van der Waals surface area contributed by atoms with Crippen LogP contribution in [0.1, 0.15) is 6.42 Å². The number of amides is 1. The van der Waals surface area contributed by atoms with E-state index in [1.807, 2.05) is 6.07 Å². The molecule has 1 fully saturated rings. The van der Waals surface area contributed by atoms with Crippen molar-refractivity contribution in [1.82, 2.24) is 0 Å². The van der Waals surface area contributed by atoms with E-state index >= 15 is 0 Å². The fraction of sp³-hybridized carbons (Fsp3) is 0.200. The summed E-state index contributed by atoms with van der Waals surface area (Å²) in [7, 11) is 0. The van der Waals surface area contributed by atoms with Crippen LogP contribution in [0.2, 0.25) is 0 Å². The lowest BCUT2D eigenvalue weighted by Gasteiger charge is -2.18. The molecule has 1 aliphatic rings. The largest absolute Gasteiger partial charge is 0.507 e. The number of phenols is 1. The third-order valence-corrected chi connectivity index (χ3v) is 3.67. The molecule has 1 heterocycles. The molecule has 1 amide bonds. The Morgan fingerprint density at radius 1 is 1.15 bits per heavy atom. The van der Waals surface area contributed by atoms with Crippen molar-refractivity contribution in [2.45, 2.75) is 6.42 Å². The van der Waals surface area contributed by atoms with Crippen molar-refractivity contribution in [3.63, 3.8) is 0 Å². The summed E-state index contributed by atoms with van der Waals surface area (Å²) in [4.78, 5) is 24.7. The van der Waals surface area contributed by atoms with Crippen molar-refractivity contribution in [1.29, 1.82) is 0 Å². The number of hydrogen-bond acceptors (Lipinski definition) is 3. The molecule has 0 spiro atoms. The number of carboxylic acids is 1. The second-order valence-electron chi connectivity index (χ2n) is 4.82. The van der Waals surface area contributed by atoms with Crippen LogP contribution >= 0.6 is 0 Å². The molecule has 5 nitrogen and oxygen atoms in total. The summed E-state index contributed by atoms with van der Waals surface area (Å²) < 4.78 is 0. The van der Waals surface area contributed by atoms with E-state index in [-0.39, 0.29) is 5.75 Å². The number of fused-ring (bicyclic) bond motifs is 1. The zero-order valence-electron chi connectivity index (χ0n) is 10.6. The molecule has 2 aromatic rings.